The Balaban J connectivity index is 2.39. The lowest BCUT2D eigenvalue weighted by Gasteiger charge is -2.23. The van der Waals surface area contributed by atoms with Crippen molar-refractivity contribution in [3.8, 4) is 0 Å². The van der Waals surface area contributed by atoms with Crippen LogP contribution in [-0.2, 0) is 9.53 Å². The minimum Gasteiger partial charge on any atom is -0.381 e. The molecular formula is C13H26N2O2. The van der Waals surface area contributed by atoms with Crippen molar-refractivity contribution in [2.45, 2.75) is 39.7 Å². The van der Waals surface area contributed by atoms with Crippen molar-refractivity contribution in [3.63, 3.8) is 0 Å². The molecule has 1 amide bonds. The Morgan fingerprint density at radius 1 is 1.47 bits per heavy atom. The maximum atomic E-state index is 12.0. The third-order valence-corrected chi connectivity index (χ3v) is 3.45. The minimum absolute atomic E-state index is 0.0558. The van der Waals surface area contributed by atoms with Crippen LogP contribution in [0.5, 0.6) is 0 Å². The number of hydrogen-bond acceptors (Lipinski definition) is 3. The van der Waals surface area contributed by atoms with Gasteiger partial charge in [0.25, 0.3) is 0 Å². The number of rotatable bonds is 6. The normalized spacial score (nSPS) is 23.7. The highest BCUT2D eigenvalue weighted by atomic mass is 16.5. The first-order valence-electron chi connectivity index (χ1n) is 6.62. The smallest absolute Gasteiger partial charge is 0.224 e. The molecule has 100 valence electrons. The Bertz CT molecular complexity index is 238. The number of ether oxygens (including phenoxy) is 1. The second kappa shape index (κ2) is 6.97. The third kappa shape index (κ3) is 4.64. The van der Waals surface area contributed by atoms with Gasteiger partial charge in [-0.1, -0.05) is 13.8 Å². The summed E-state index contributed by atoms with van der Waals surface area (Å²) in [6.07, 6.45) is 1.90. The molecule has 0 aromatic heterocycles. The fourth-order valence-corrected chi connectivity index (χ4v) is 2.29. The number of nitrogens with two attached hydrogens (primary N) is 1. The van der Waals surface area contributed by atoms with Gasteiger partial charge in [0.1, 0.15) is 0 Å². The van der Waals surface area contributed by atoms with Crippen LogP contribution in [-0.4, -0.2) is 31.7 Å². The maximum absolute atomic E-state index is 12.0. The lowest BCUT2D eigenvalue weighted by molar-refractivity contribution is -0.126. The first-order chi connectivity index (χ1) is 8.04. The average Bonchev–Trinajstić information content (AvgIpc) is 2.78. The van der Waals surface area contributed by atoms with Crippen LogP contribution < -0.4 is 11.1 Å². The molecule has 3 N–H and O–H groups in total. The zero-order valence-corrected chi connectivity index (χ0v) is 11.2. The number of amides is 1. The molecule has 0 aromatic rings. The average molecular weight is 242 g/mol. The van der Waals surface area contributed by atoms with E-state index in [0.29, 0.717) is 18.4 Å². The van der Waals surface area contributed by atoms with E-state index in [1.54, 1.807) is 0 Å². The predicted molar refractivity (Wildman–Crippen MR) is 68.5 cm³/mol. The molecule has 0 aromatic carbocycles. The first-order valence-corrected chi connectivity index (χ1v) is 6.62. The van der Waals surface area contributed by atoms with E-state index in [1.807, 2.05) is 0 Å². The maximum Gasteiger partial charge on any atom is 0.224 e. The molecule has 0 aliphatic carbocycles. The molecular weight excluding hydrogens is 216 g/mol. The summed E-state index contributed by atoms with van der Waals surface area (Å²) in [5.74, 6) is 0.996. The molecule has 17 heavy (non-hydrogen) atoms. The van der Waals surface area contributed by atoms with Crippen molar-refractivity contribution in [2.24, 2.45) is 23.5 Å². The highest BCUT2D eigenvalue weighted by Crippen LogP contribution is 2.17. The van der Waals surface area contributed by atoms with Gasteiger partial charge in [0, 0.05) is 25.1 Å². The number of carbonyl (C=O) groups is 1. The molecule has 0 bridgehead atoms. The van der Waals surface area contributed by atoms with Crippen LogP contribution in [0.1, 0.15) is 33.6 Å². The highest BCUT2D eigenvalue weighted by Gasteiger charge is 2.26. The van der Waals surface area contributed by atoms with Gasteiger partial charge in [0.05, 0.1) is 12.5 Å². The summed E-state index contributed by atoms with van der Waals surface area (Å²) < 4.78 is 5.34. The van der Waals surface area contributed by atoms with E-state index in [-0.39, 0.29) is 17.9 Å². The number of hydrogen-bond donors (Lipinski definition) is 2. The quantitative estimate of drug-likeness (QED) is 0.734. The van der Waals surface area contributed by atoms with Crippen molar-refractivity contribution in [1.82, 2.24) is 5.32 Å². The fourth-order valence-electron chi connectivity index (χ4n) is 2.29. The van der Waals surface area contributed by atoms with E-state index in [4.69, 9.17) is 10.5 Å². The van der Waals surface area contributed by atoms with E-state index in [2.05, 4.69) is 26.1 Å². The summed E-state index contributed by atoms with van der Waals surface area (Å²) in [7, 11) is 0. The molecule has 1 heterocycles. The zero-order valence-electron chi connectivity index (χ0n) is 11.2. The Hall–Kier alpha value is -0.610. The lowest BCUT2D eigenvalue weighted by Crippen LogP contribution is -2.43. The van der Waals surface area contributed by atoms with Gasteiger partial charge in [0.2, 0.25) is 5.91 Å². The molecule has 1 rings (SSSR count). The van der Waals surface area contributed by atoms with Crippen LogP contribution in [0.2, 0.25) is 0 Å². The van der Waals surface area contributed by atoms with Crippen LogP contribution in [0.15, 0.2) is 0 Å². The van der Waals surface area contributed by atoms with Crippen LogP contribution in [0.4, 0.5) is 0 Å². The van der Waals surface area contributed by atoms with Gasteiger partial charge < -0.3 is 15.8 Å². The molecule has 4 heteroatoms. The molecule has 0 spiro atoms. The van der Waals surface area contributed by atoms with Gasteiger partial charge in [-0.3, -0.25) is 4.79 Å². The Kier molecular flexibility index (Phi) is 5.92. The Morgan fingerprint density at radius 2 is 2.18 bits per heavy atom. The standard InChI is InChI=1S/C13H26N2O2/c1-9(2)6-12(7-14)13(16)15-10(3)11-4-5-17-8-11/h9-12H,4-8,14H2,1-3H3,(H,15,16). The fraction of sp³-hybridized carbons (Fsp3) is 0.923. The van der Waals surface area contributed by atoms with Crippen LogP contribution >= 0.6 is 0 Å². The summed E-state index contributed by atoms with van der Waals surface area (Å²) in [6, 6.07) is 0.186. The van der Waals surface area contributed by atoms with Gasteiger partial charge in [-0.25, -0.2) is 0 Å². The highest BCUT2D eigenvalue weighted by molar-refractivity contribution is 5.79. The van der Waals surface area contributed by atoms with Crippen molar-refractivity contribution in [1.29, 1.82) is 0 Å². The summed E-state index contributed by atoms with van der Waals surface area (Å²) in [5.41, 5.74) is 5.67. The monoisotopic (exact) mass is 242 g/mol. The number of nitrogens with one attached hydrogen (secondary N) is 1. The molecule has 3 unspecified atom stereocenters. The van der Waals surface area contributed by atoms with Gasteiger partial charge in [-0.05, 0) is 25.7 Å². The summed E-state index contributed by atoms with van der Waals surface area (Å²) in [5, 5.41) is 3.08. The van der Waals surface area contributed by atoms with Crippen molar-refractivity contribution >= 4 is 5.91 Å². The van der Waals surface area contributed by atoms with Crippen molar-refractivity contribution in [3.05, 3.63) is 0 Å². The largest absolute Gasteiger partial charge is 0.381 e. The summed E-state index contributed by atoms with van der Waals surface area (Å²) >= 11 is 0. The van der Waals surface area contributed by atoms with Crippen molar-refractivity contribution in [2.75, 3.05) is 19.8 Å². The second-order valence-corrected chi connectivity index (χ2v) is 5.48. The first kappa shape index (κ1) is 14.5. The van der Waals surface area contributed by atoms with Gasteiger partial charge in [-0.15, -0.1) is 0 Å². The second-order valence-electron chi connectivity index (χ2n) is 5.48. The predicted octanol–water partition coefficient (Wildman–Crippen LogP) is 1.15. The Labute approximate surface area is 104 Å². The van der Waals surface area contributed by atoms with Crippen LogP contribution in [0.25, 0.3) is 0 Å². The third-order valence-electron chi connectivity index (χ3n) is 3.45. The van der Waals surface area contributed by atoms with Gasteiger partial charge in [0.15, 0.2) is 0 Å². The van der Waals surface area contributed by atoms with E-state index >= 15 is 0 Å². The topological polar surface area (TPSA) is 64.4 Å². The van der Waals surface area contributed by atoms with Crippen LogP contribution in [0, 0.1) is 17.8 Å². The molecule has 1 aliphatic heterocycles. The SMILES string of the molecule is CC(C)CC(CN)C(=O)NC(C)C1CCOC1. The summed E-state index contributed by atoms with van der Waals surface area (Å²) in [4.78, 5) is 12.0. The van der Waals surface area contributed by atoms with Crippen molar-refractivity contribution < 1.29 is 9.53 Å². The lowest BCUT2D eigenvalue weighted by atomic mass is 9.94. The molecule has 1 aliphatic rings. The molecule has 0 saturated carbocycles. The van der Waals surface area contributed by atoms with E-state index < -0.39 is 0 Å². The molecule has 4 nitrogen and oxygen atoms in total. The zero-order chi connectivity index (χ0) is 12.8. The van der Waals surface area contributed by atoms with E-state index in [1.165, 1.54) is 0 Å². The molecule has 1 saturated heterocycles. The van der Waals surface area contributed by atoms with E-state index in [9.17, 15) is 4.79 Å². The number of carbonyl (C=O) groups excluding carboxylic acids is 1. The Morgan fingerprint density at radius 3 is 2.65 bits per heavy atom. The molecule has 3 atom stereocenters. The van der Waals surface area contributed by atoms with Gasteiger partial charge >= 0.3 is 0 Å². The van der Waals surface area contributed by atoms with Crippen LogP contribution in [0.3, 0.4) is 0 Å². The minimum atomic E-state index is -0.0558. The van der Waals surface area contributed by atoms with E-state index in [0.717, 1.165) is 26.1 Å². The molecule has 0 radical (unpaired) electrons. The molecule has 1 fully saturated rings. The summed E-state index contributed by atoms with van der Waals surface area (Å²) in [6.45, 7) is 8.29. The van der Waals surface area contributed by atoms with Gasteiger partial charge in [-0.2, -0.15) is 0 Å².